The largest absolute Gasteiger partial charge is 0.377 e. The van der Waals surface area contributed by atoms with E-state index in [2.05, 4.69) is 27.2 Å². The Balaban J connectivity index is 1.41. The van der Waals surface area contributed by atoms with Crippen molar-refractivity contribution in [2.24, 2.45) is 5.92 Å². The molecule has 3 aliphatic heterocycles. The van der Waals surface area contributed by atoms with Gasteiger partial charge < -0.3 is 24.7 Å². The molecule has 2 aromatic rings. The lowest BCUT2D eigenvalue weighted by Gasteiger charge is -2.22. The first-order valence-corrected chi connectivity index (χ1v) is 11.5. The SMILES string of the molecule is CNc1cc(-c2cnc3n([C@@H]4COC[C@H]4OC)cccc2-3)nc2c(C(=O)N[C@@H]3C[C@@H]3C)cnn12. The molecule has 10 nitrogen and oxygen atoms in total. The minimum Gasteiger partial charge on any atom is -0.377 e. The summed E-state index contributed by atoms with van der Waals surface area (Å²) in [5.41, 5.74) is 3.55. The Morgan fingerprint density at radius 2 is 2.12 bits per heavy atom. The van der Waals surface area contributed by atoms with Crippen molar-refractivity contribution in [2.75, 3.05) is 32.7 Å². The molecule has 1 aliphatic carbocycles. The molecule has 0 radical (unpaired) electrons. The third-order valence-electron chi connectivity index (χ3n) is 6.94. The fourth-order valence-corrected chi connectivity index (χ4v) is 4.75. The average molecular weight is 462 g/mol. The lowest BCUT2D eigenvalue weighted by Crippen LogP contribution is -2.26. The van der Waals surface area contributed by atoms with E-state index in [1.807, 2.05) is 37.6 Å². The molecule has 2 fully saturated rings. The quantitative estimate of drug-likeness (QED) is 0.454. The van der Waals surface area contributed by atoms with Crippen LogP contribution in [0.1, 0.15) is 29.7 Å². The average Bonchev–Trinajstić information content (AvgIpc) is 3.30. The summed E-state index contributed by atoms with van der Waals surface area (Å²) in [5.74, 6) is 1.95. The van der Waals surface area contributed by atoms with Gasteiger partial charge >= 0.3 is 0 Å². The van der Waals surface area contributed by atoms with E-state index < -0.39 is 0 Å². The molecule has 1 saturated carbocycles. The fraction of sp³-hybridized carbons (Fsp3) is 0.417. The minimum absolute atomic E-state index is 0.0248. The minimum atomic E-state index is -0.147. The van der Waals surface area contributed by atoms with Crippen LogP contribution in [0, 0.1) is 5.92 Å². The summed E-state index contributed by atoms with van der Waals surface area (Å²) >= 11 is 0. The number of rotatable bonds is 6. The van der Waals surface area contributed by atoms with Crippen LogP contribution >= 0.6 is 0 Å². The molecule has 4 aliphatic rings. The van der Waals surface area contributed by atoms with Crippen LogP contribution < -0.4 is 10.6 Å². The van der Waals surface area contributed by atoms with Crippen molar-refractivity contribution in [1.82, 2.24) is 29.5 Å². The van der Waals surface area contributed by atoms with E-state index in [1.54, 1.807) is 17.8 Å². The highest BCUT2D eigenvalue weighted by Crippen LogP contribution is 2.37. The molecule has 0 unspecified atom stereocenters. The number of fused-ring (bicyclic) bond motifs is 2. The molecule has 5 heterocycles. The topological polar surface area (TPSA) is 108 Å². The molecule has 176 valence electrons. The fourth-order valence-electron chi connectivity index (χ4n) is 4.75. The van der Waals surface area contributed by atoms with E-state index in [1.165, 1.54) is 0 Å². The lowest BCUT2D eigenvalue weighted by atomic mass is 10.1. The predicted molar refractivity (Wildman–Crippen MR) is 126 cm³/mol. The van der Waals surface area contributed by atoms with Gasteiger partial charge in [-0.05, 0) is 24.5 Å². The predicted octanol–water partition coefficient (Wildman–Crippen LogP) is 2.46. The number of carbonyl (C=O) groups excluding carboxylic acids is 1. The molecular weight excluding hydrogens is 434 g/mol. The summed E-state index contributed by atoms with van der Waals surface area (Å²) in [6, 6.07) is 6.24. The molecule has 0 bridgehead atoms. The Morgan fingerprint density at radius 1 is 1.26 bits per heavy atom. The van der Waals surface area contributed by atoms with Gasteiger partial charge in [0.05, 0.1) is 31.1 Å². The maximum atomic E-state index is 12.9. The monoisotopic (exact) mass is 461 g/mol. The van der Waals surface area contributed by atoms with Gasteiger partial charge in [0.1, 0.15) is 23.3 Å². The Hall–Kier alpha value is -3.50. The number of aromatic nitrogens is 5. The van der Waals surface area contributed by atoms with Crippen molar-refractivity contribution < 1.29 is 14.3 Å². The number of pyridine rings is 1. The van der Waals surface area contributed by atoms with Gasteiger partial charge in [0.15, 0.2) is 5.65 Å². The molecule has 0 aromatic carbocycles. The van der Waals surface area contributed by atoms with E-state index in [0.29, 0.717) is 30.3 Å². The van der Waals surface area contributed by atoms with Crippen LogP contribution in [0.25, 0.3) is 28.3 Å². The molecule has 4 atom stereocenters. The van der Waals surface area contributed by atoms with E-state index in [0.717, 1.165) is 34.9 Å². The third-order valence-corrected chi connectivity index (χ3v) is 6.94. The van der Waals surface area contributed by atoms with Gasteiger partial charge in [-0.15, -0.1) is 0 Å². The normalized spacial score (nSPS) is 24.1. The number of methoxy groups -OCH3 is 1. The smallest absolute Gasteiger partial charge is 0.256 e. The summed E-state index contributed by atoms with van der Waals surface area (Å²) in [7, 11) is 3.53. The van der Waals surface area contributed by atoms with Crippen LogP contribution in [-0.2, 0) is 9.47 Å². The molecule has 10 heteroatoms. The van der Waals surface area contributed by atoms with Crippen molar-refractivity contribution in [3.63, 3.8) is 0 Å². The van der Waals surface area contributed by atoms with Gasteiger partial charge in [0.25, 0.3) is 5.91 Å². The number of hydrogen-bond donors (Lipinski definition) is 2. The van der Waals surface area contributed by atoms with E-state index in [9.17, 15) is 4.79 Å². The maximum Gasteiger partial charge on any atom is 0.256 e. The Kier molecular flexibility index (Phi) is 5.00. The number of carbonyl (C=O) groups is 1. The summed E-state index contributed by atoms with van der Waals surface area (Å²) < 4.78 is 15.1. The van der Waals surface area contributed by atoms with E-state index in [-0.39, 0.29) is 24.1 Å². The van der Waals surface area contributed by atoms with Gasteiger partial charge in [-0.25, -0.2) is 9.97 Å². The van der Waals surface area contributed by atoms with E-state index >= 15 is 0 Å². The second-order valence-corrected chi connectivity index (χ2v) is 9.07. The zero-order valence-electron chi connectivity index (χ0n) is 19.4. The summed E-state index contributed by atoms with van der Waals surface area (Å²) in [6.45, 7) is 3.27. The standard InChI is InChI=1S/C24H27N7O3/c1-13-7-17(13)29-24(32)16-10-27-31-21(25-2)8-18(28-23(16)31)15-9-26-22-14(15)5-4-6-30(22)19-11-34-12-20(19)33-3/h4-6,8-10,13,17,19-20,25H,7,11-12H2,1-3H3,(H,29,32)/t13-,17+,19+,20+/m0/s1. The van der Waals surface area contributed by atoms with Crippen LogP contribution in [0.3, 0.4) is 0 Å². The molecule has 34 heavy (non-hydrogen) atoms. The van der Waals surface area contributed by atoms with Crippen molar-refractivity contribution in [1.29, 1.82) is 0 Å². The van der Waals surface area contributed by atoms with Gasteiger partial charge in [-0.1, -0.05) is 6.92 Å². The second-order valence-electron chi connectivity index (χ2n) is 9.07. The Morgan fingerprint density at radius 3 is 2.88 bits per heavy atom. The number of amides is 1. The van der Waals surface area contributed by atoms with Crippen LogP contribution in [-0.4, -0.2) is 69.6 Å². The highest BCUT2D eigenvalue weighted by Gasteiger charge is 2.35. The molecule has 1 amide bonds. The van der Waals surface area contributed by atoms with Crippen LogP contribution in [0.4, 0.5) is 5.82 Å². The van der Waals surface area contributed by atoms with Gasteiger partial charge in [0.2, 0.25) is 0 Å². The van der Waals surface area contributed by atoms with Crippen LogP contribution in [0.2, 0.25) is 0 Å². The van der Waals surface area contributed by atoms with E-state index in [4.69, 9.17) is 19.4 Å². The first-order valence-electron chi connectivity index (χ1n) is 11.5. The molecule has 0 spiro atoms. The number of nitrogens with zero attached hydrogens (tertiary/aromatic N) is 5. The zero-order valence-corrected chi connectivity index (χ0v) is 19.4. The molecule has 2 aromatic heterocycles. The molecule has 6 rings (SSSR count). The first kappa shape index (κ1) is 21.1. The highest BCUT2D eigenvalue weighted by molar-refractivity contribution is 6.00. The van der Waals surface area contributed by atoms with Gasteiger partial charge in [-0.3, -0.25) is 4.79 Å². The first-order chi connectivity index (χ1) is 16.6. The Labute approximate surface area is 196 Å². The van der Waals surface area contributed by atoms with Crippen molar-refractivity contribution >= 4 is 17.4 Å². The third kappa shape index (κ3) is 3.33. The second kappa shape index (κ2) is 8.07. The zero-order chi connectivity index (χ0) is 23.4. The van der Waals surface area contributed by atoms with Crippen LogP contribution in [0.5, 0.6) is 0 Å². The number of hydrogen-bond acceptors (Lipinski definition) is 7. The summed E-state index contributed by atoms with van der Waals surface area (Å²) in [5, 5.41) is 10.7. The summed E-state index contributed by atoms with van der Waals surface area (Å²) in [4.78, 5) is 22.5. The van der Waals surface area contributed by atoms with Crippen molar-refractivity contribution in [3.05, 3.63) is 42.4 Å². The van der Waals surface area contributed by atoms with Gasteiger partial charge in [-0.2, -0.15) is 9.61 Å². The Bertz CT molecular complexity index is 1350. The summed E-state index contributed by atoms with van der Waals surface area (Å²) in [6.07, 6.45) is 6.41. The molecular formula is C24H27N7O3. The lowest BCUT2D eigenvalue weighted by molar-refractivity contribution is 0.0686. The molecule has 2 N–H and O–H groups in total. The number of ether oxygens (including phenoxy) is 2. The van der Waals surface area contributed by atoms with Crippen LogP contribution in [0.15, 0.2) is 36.8 Å². The van der Waals surface area contributed by atoms with Crippen molar-refractivity contribution in [3.8, 4) is 22.6 Å². The number of anilines is 1. The maximum absolute atomic E-state index is 12.9. The number of nitrogens with one attached hydrogen (secondary N) is 2. The molecule has 1 saturated heterocycles. The highest BCUT2D eigenvalue weighted by atomic mass is 16.5. The van der Waals surface area contributed by atoms with Gasteiger partial charge in [0, 0.05) is 49.8 Å². The van der Waals surface area contributed by atoms with Crippen molar-refractivity contribution in [2.45, 2.75) is 31.5 Å².